The minimum Gasteiger partial charge on any atom is -0.276 e. The molecule has 0 amide bonds. The maximum atomic E-state index is 12.4. The number of nitrogens with zero attached hydrogens (tertiary/aromatic N) is 3. The minimum atomic E-state index is -3.35. The smallest absolute Gasteiger partial charge is 0.236 e. The molecule has 0 N–H and O–H groups in total. The van der Waals surface area contributed by atoms with E-state index in [1.54, 1.807) is 15.1 Å². The summed E-state index contributed by atoms with van der Waals surface area (Å²) in [4.78, 5) is 0. The fourth-order valence-corrected chi connectivity index (χ4v) is 4.20. The maximum absolute atomic E-state index is 12.4. The van der Waals surface area contributed by atoms with Crippen LogP contribution in [0.3, 0.4) is 0 Å². The number of hydrogen-bond acceptors (Lipinski definition) is 3. The van der Waals surface area contributed by atoms with Crippen LogP contribution in [0.4, 0.5) is 0 Å². The lowest BCUT2D eigenvalue weighted by Gasteiger charge is -2.13. The minimum absolute atomic E-state index is 0.360. The third-order valence-electron chi connectivity index (χ3n) is 4.12. The van der Waals surface area contributed by atoms with Crippen molar-refractivity contribution in [3.8, 4) is 0 Å². The summed E-state index contributed by atoms with van der Waals surface area (Å²) < 4.78 is 28.2. The second kappa shape index (κ2) is 6.68. The van der Waals surface area contributed by atoms with Crippen LogP contribution in [0.2, 0.25) is 0 Å². The molecule has 23 heavy (non-hydrogen) atoms. The van der Waals surface area contributed by atoms with E-state index < -0.39 is 10.0 Å². The molecule has 1 saturated heterocycles. The van der Waals surface area contributed by atoms with Crippen molar-refractivity contribution >= 4 is 16.1 Å². The maximum Gasteiger partial charge on any atom is 0.236 e. The van der Waals surface area contributed by atoms with E-state index in [1.165, 1.54) is 5.41 Å². The van der Waals surface area contributed by atoms with Gasteiger partial charge >= 0.3 is 0 Å². The Balaban J connectivity index is 1.62. The van der Waals surface area contributed by atoms with Gasteiger partial charge in [-0.15, -0.1) is 0 Å². The Morgan fingerprint density at radius 3 is 2.78 bits per heavy atom. The average Bonchev–Trinajstić information content (AvgIpc) is 3.17. The summed E-state index contributed by atoms with van der Waals surface area (Å²) in [7, 11) is -1.45. The van der Waals surface area contributed by atoms with Gasteiger partial charge in [0, 0.05) is 31.7 Å². The van der Waals surface area contributed by atoms with Crippen molar-refractivity contribution in [2.45, 2.75) is 12.8 Å². The zero-order valence-corrected chi connectivity index (χ0v) is 14.0. The Bertz CT molecular complexity index is 781. The van der Waals surface area contributed by atoms with Crippen LogP contribution in [0.1, 0.15) is 17.5 Å². The Morgan fingerprint density at radius 1 is 1.30 bits per heavy atom. The molecular weight excluding hydrogens is 310 g/mol. The molecular formula is C17H21N3O2S. The van der Waals surface area contributed by atoms with Crippen molar-refractivity contribution in [2.75, 3.05) is 13.1 Å². The highest BCUT2D eigenvalue weighted by Crippen LogP contribution is 2.24. The van der Waals surface area contributed by atoms with Gasteiger partial charge in [-0.05, 0) is 36.0 Å². The summed E-state index contributed by atoms with van der Waals surface area (Å²) in [5.74, 6) is 0.360. The molecule has 6 heteroatoms. The van der Waals surface area contributed by atoms with Crippen molar-refractivity contribution < 1.29 is 8.42 Å². The Labute approximate surface area is 137 Å². The van der Waals surface area contributed by atoms with Gasteiger partial charge in [0.2, 0.25) is 10.0 Å². The fourth-order valence-electron chi connectivity index (χ4n) is 2.92. The van der Waals surface area contributed by atoms with E-state index >= 15 is 0 Å². The number of sulfonamides is 1. The van der Waals surface area contributed by atoms with Gasteiger partial charge in [0.1, 0.15) is 0 Å². The summed E-state index contributed by atoms with van der Waals surface area (Å²) >= 11 is 0. The van der Waals surface area contributed by atoms with Gasteiger partial charge in [0.25, 0.3) is 0 Å². The molecule has 122 valence electrons. The van der Waals surface area contributed by atoms with Gasteiger partial charge in [-0.3, -0.25) is 4.68 Å². The lowest BCUT2D eigenvalue weighted by atomic mass is 10.0. The molecule has 0 radical (unpaired) electrons. The van der Waals surface area contributed by atoms with Gasteiger partial charge in [-0.25, -0.2) is 8.42 Å². The number of rotatable bonds is 5. The first kappa shape index (κ1) is 16.0. The van der Waals surface area contributed by atoms with Gasteiger partial charge in [0.05, 0.1) is 6.20 Å². The van der Waals surface area contributed by atoms with E-state index in [0.29, 0.717) is 19.0 Å². The Hall–Kier alpha value is -1.92. The van der Waals surface area contributed by atoms with Crippen LogP contribution in [0.5, 0.6) is 0 Å². The van der Waals surface area contributed by atoms with Gasteiger partial charge < -0.3 is 0 Å². The van der Waals surface area contributed by atoms with Crippen molar-refractivity contribution in [1.82, 2.24) is 14.1 Å². The molecule has 1 fully saturated rings. The van der Waals surface area contributed by atoms with Crippen LogP contribution in [0.25, 0.3) is 6.08 Å². The van der Waals surface area contributed by atoms with E-state index in [4.69, 9.17) is 0 Å². The molecule has 0 aliphatic carbocycles. The molecule has 0 unspecified atom stereocenters. The van der Waals surface area contributed by atoms with Gasteiger partial charge in [0.15, 0.2) is 0 Å². The van der Waals surface area contributed by atoms with Gasteiger partial charge in [-0.1, -0.05) is 30.3 Å². The Morgan fingerprint density at radius 2 is 2.09 bits per heavy atom. The molecule has 2 heterocycles. The molecule has 0 bridgehead atoms. The summed E-state index contributed by atoms with van der Waals surface area (Å²) in [5, 5.41) is 5.48. The van der Waals surface area contributed by atoms with Crippen LogP contribution < -0.4 is 0 Å². The standard InChI is InChI=1S/C17H21N3O2S/c1-19-13-17(12-18-19)11-16-7-9-20(14-16)23(21,22)10-8-15-5-3-2-4-6-15/h2-6,8,10,12-13,16H,7,9,11,14H2,1H3/b10-8+/t16-/m1/s1. The van der Waals surface area contributed by atoms with Crippen molar-refractivity contribution in [2.24, 2.45) is 13.0 Å². The normalized spacial score (nSPS) is 19.6. The third-order valence-corrected chi connectivity index (χ3v) is 5.65. The molecule has 5 nitrogen and oxygen atoms in total. The highest BCUT2D eigenvalue weighted by molar-refractivity contribution is 7.92. The largest absolute Gasteiger partial charge is 0.276 e. The van der Waals surface area contributed by atoms with Crippen LogP contribution >= 0.6 is 0 Å². The summed E-state index contributed by atoms with van der Waals surface area (Å²) in [6, 6.07) is 9.48. The average molecular weight is 331 g/mol. The highest BCUT2D eigenvalue weighted by Gasteiger charge is 2.29. The molecule has 1 aliphatic rings. The highest BCUT2D eigenvalue weighted by atomic mass is 32.2. The first-order valence-corrected chi connectivity index (χ1v) is 9.24. The topological polar surface area (TPSA) is 55.2 Å². The van der Waals surface area contributed by atoms with Crippen molar-refractivity contribution in [3.05, 3.63) is 59.3 Å². The van der Waals surface area contributed by atoms with Crippen molar-refractivity contribution in [3.63, 3.8) is 0 Å². The zero-order chi connectivity index (χ0) is 16.3. The SMILES string of the molecule is Cn1cc(C[C@H]2CCN(S(=O)(=O)/C=C/c3ccccc3)C2)cn1. The van der Waals surface area contributed by atoms with E-state index in [2.05, 4.69) is 5.10 Å². The predicted octanol–water partition coefficient (Wildman–Crippen LogP) is 2.29. The molecule has 2 aromatic rings. The predicted molar refractivity (Wildman–Crippen MR) is 91.0 cm³/mol. The third kappa shape index (κ3) is 4.09. The zero-order valence-electron chi connectivity index (χ0n) is 13.2. The molecule has 0 spiro atoms. The van der Waals surface area contributed by atoms with E-state index in [-0.39, 0.29) is 0 Å². The van der Waals surface area contributed by atoms with E-state index in [1.807, 2.05) is 49.8 Å². The number of hydrogen-bond donors (Lipinski definition) is 0. The summed E-state index contributed by atoms with van der Waals surface area (Å²) in [6.07, 6.45) is 7.28. The Kier molecular flexibility index (Phi) is 4.63. The molecule has 3 rings (SSSR count). The van der Waals surface area contributed by atoms with Gasteiger partial charge in [-0.2, -0.15) is 9.40 Å². The number of aryl methyl sites for hydroxylation is 1. The lowest BCUT2D eigenvalue weighted by molar-refractivity contribution is 0.463. The fraction of sp³-hybridized carbons (Fsp3) is 0.353. The van der Waals surface area contributed by atoms with Crippen molar-refractivity contribution in [1.29, 1.82) is 0 Å². The first-order valence-electron chi connectivity index (χ1n) is 7.74. The lowest BCUT2D eigenvalue weighted by Crippen LogP contribution is -2.27. The molecule has 0 saturated carbocycles. The second-order valence-electron chi connectivity index (χ2n) is 6.00. The summed E-state index contributed by atoms with van der Waals surface area (Å²) in [6.45, 7) is 1.17. The van der Waals surface area contributed by atoms with E-state index in [9.17, 15) is 8.42 Å². The first-order chi connectivity index (χ1) is 11.0. The molecule has 1 aromatic heterocycles. The molecule has 1 aromatic carbocycles. The number of benzene rings is 1. The second-order valence-corrected chi connectivity index (χ2v) is 7.82. The monoisotopic (exact) mass is 331 g/mol. The van der Waals surface area contributed by atoms with Crippen LogP contribution in [-0.4, -0.2) is 35.6 Å². The quantitative estimate of drug-likeness (QED) is 0.845. The summed E-state index contributed by atoms with van der Waals surface area (Å²) in [5.41, 5.74) is 2.05. The number of aromatic nitrogens is 2. The molecule has 1 atom stereocenters. The van der Waals surface area contributed by atoms with E-state index in [0.717, 1.165) is 24.0 Å². The van der Waals surface area contributed by atoms with Crippen LogP contribution in [0, 0.1) is 5.92 Å². The van der Waals surface area contributed by atoms with Crippen LogP contribution in [0.15, 0.2) is 48.1 Å². The van der Waals surface area contributed by atoms with Crippen LogP contribution in [-0.2, 0) is 23.5 Å². The molecule has 1 aliphatic heterocycles.